The smallest absolute Gasteiger partial charge is 0.250 e. The highest BCUT2D eigenvalue weighted by Crippen LogP contribution is 2.27. The van der Waals surface area contributed by atoms with Gasteiger partial charge < -0.3 is 0 Å². The molecule has 4 aromatic rings. The summed E-state index contributed by atoms with van der Waals surface area (Å²) in [6, 6.07) is 26.2. The number of nitrogens with one attached hydrogen (secondary N) is 1. The molecule has 1 N–H and O–H groups in total. The summed E-state index contributed by atoms with van der Waals surface area (Å²) in [5.41, 5.74) is 4.79. The predicted molar refractivity (Wildman–Crippen MR) is 125 cm³/mol. The minimum atomic E-state index is -0.121. The SMILES string of the molecule is O=C(CSCc1ccc(Cl)cc1)N/N=C/c1c2ccccc2cc2ccccc12. The summed E-state index contributed by atoms with van der Waals surface area (Å²) in [6.07, 6.45) is 1.74. The molecule has 29 heavy (non-hydrogen) atoms. The molecule has 5 heteroatoms. The molecule has 0 aliphatic carbocycles. The molecule has 0 aliphatic heterocycles. The van der Waals surface area contributed by atoms with E-state index in [2.05, 4.69) is 40.9 Å². The van der Waals surface area contributed by atoms with Gasteiger partial charge in [-0.05, 0) is 45.3 Å². The zero-order valence-corrected chi connectivity index (χ0v) is 17.2. The van der Waals surface area contributed by atoms with Crippen molar-refractivity contribution in [3.8, 4) is 0 Å². The van der Waals surface area contributed by atoms with E-state index in [0.29, 0.717) is 10.8 Å². The third kappa shape index (κ3) is 4.78. The number of nitrogens with zero attached hydrogens (tertiary/aromatic N) is 1. The van der Waals surface area contributed by atoms with Gasteiger partial charge in [0.25, 0.3) is 0 Å². The van der Waals surface area contributed by atoms with E-state index in [4.69, 9.17) is 11.6 Å². The molecular formula is C24H19ClN2OS. The van der Waals surface area contributed by atoms with E-state index in [-0.39, 0.29) is 5.91 Å². The van der Waals surface area contributed by atoms with Crippen molar-refractivity contribution in [3.05, 3.63) is 95.0 Å². The first kappa shape index (κ1) is 19.5. The summed E-state index contributed by atoms with van der Waals surface area (Å²) < 4.78 is 0. The van der Waals surface area contributed by atoms with Crippen molar-refractivity contribution in [3.63, 3.8) is 0 Å². The fourth-order valence-corrected chi connectivity index (χ4v) is 4.14. The van der Waals surface area contributed by atoms with Crippen LogP contribution < -0.4 is 5.43 Å². The summed E-state index contributed by atoms with van der Waals surface area (Å²) in [7, 11) is 0. The topological polar surface area (TPSA) is 41.5 Å². The molecule has 4 rings (SSSR count). The Morgan fingerprint density at radius 1 is 0.931 bits per heavy atom. The molecule has 3 nitrogen and oxygen atoms in total. The van der Waals surface area contributed by atoms with Crippen LogP contribution in [0.25, 0.3) is 21.5 Å². The lowest BCUT2D eigenvalue weighted by atomic mass is 9.97. The fraction of sp³-hybridized carbons (Fsp3) is 0.0833. The third-order valence-electron chi connectivity index (χ3n) is 4.61. The van der Waals surface area contributed by atoms with Gasteiger partial charge >= 0.3 is 0 Å². The molecule has 0 fully saturated rings. The maximum absolute atomic E-state index is 12.1. The van der Waals surface area contributed by atoms with Crippen LogP contribution in [0, 0.1) is 0 Å². The molecular weight excluding hydrogens is 400 g/mol. The molecule has 0 aromatic heterocycles. The minimum absolute atomic E-state index is 0.121. The van der Waals surface area contributed by atoms with Crippen molar-refractivity contribution in [1.82, 2.24) is 5.43 Å². The Morgan fingerprint density at radius 2 is 1.55 bits per heavy atom. The highest BCUT2D eigenvalue weighted by atomic mass is 35.5. The molecule has 0 spiro atoms. The van der Waals surface area contributed by atoms with Crippen molar-refractivity contribution in [1.29, 1.82) is 0 Å². The van der Waals surface area contributed by atoms with Crippen molar-refractivity contribution in [2.45, 2.75) is 5.75 Å². The van der Waals surface area contributed by atoms with Gasteiger partial charge in [-0.25, -0.2) is 5.43 Å². The van der Waals surface area contributed by atoms with Crippen LogP contribution in [0.2, 0.25) is 5.02 Å². The number of fused-ring (bicyclic) bond motifs is 2. The van der Waals surface area contributed by atoms with Gasteiger partial charge in [-0.3, -0.25) is 4.79 Å². The molecule has 0 aliphatic rings. The first-order chi connectivity index (χ1) is 14.2. The van der Waals surface area contributed by atoms with Gasteiger partial charge in [0.1, 0.15) is 0 Å². The van der Waals surface area contributed by atoms with Crippen molar-refractivity contribution >= 4 is 57.0 Å². The van der Waals surface area contributed by atoms with Gasteiger partial charge in [-0.15, -0.1) is 11.8 Å². The van der Waals surface area contributed by atoms with Crippen LogP contribution in [-0.4, -0.2) is 17.9 Å². The number of hydrogen-bond acceptors (Lipinski definition) is 3. The average Bonchev–Trinajstić information content (AvgIpc) is 2.74. The van der Waals surface area contributed by atoms with Crippen molar-refractivity contribution in [2.24, 2.45) is 5.10 Å². The monoisotopic (exact) mass is 418 g/mol. The maximum atomic E-state index is 12.1. The number of carbonyl (C=O) groups is 1. The largest absolute Gasteiger partial charge is 0.272 e. The van der Waals surface area contributed by atoms with E-state index in [1.807, 2.05) is 48.5 Å². The standard InChI is InChI=1S/C24H19ClN2OS/c25-20-11-9-17(10-12-20)15-29-16-24(28)27-26-14-23-21-7-3-1-5-18(21)13-19-6-2-4-8-22(19)23/h1-14H,15-16H2,(H,27,28)/b26-14+. The molecule has 0 bridgehead atoms. The number of halogens is 1. The van der Waals surface area contributed by atoms with Gasteiger partial charge in [0.05, 0.1) is 12.0 Å². The third-order valence-corrected chi connectivity index (χ3v) is 5.87. The molecule has 0 radical (unpaired) electrons. The lowest BCUT2D eigenvalue weighted by Crippen LogP contribution is -2.19. The molecule has 0 atom stereocenters. The number of hydrogen-bond donors (Lipinski definition) is 1. The van der Waals surface area contributed by atoms with Crippen LogP contribution >= 0.6 is 23.4 Å². The summed E-state index contributed by atoms with van der Waals surface area (Å²) in [5, 5.41) is 9.46. The minimum Gasteiger partial charge on any atom is -0.272 e. The zero-order chi connectivity index (χ0) is 20.1. The van der Waals surface area contributed by atoms with Gasteiger partial charge in [0, 0.05) is 16.3 Å². The molecule has 1 amide bonds. The summed E-state index contributed by atoms with van der Waals surface area (Å²) >= 11 is 7.43. The van der Waals surface area contributed by atoms with Crippen LogP contribution in [0.1, 0.15) is 11.1 Å². The van der Waals surface area contributed by atoms with E-state index < -0.39 is 0 Å². The molecule has 4 aromatic carbocycles. The lowest BCUT2D eigenvalue weighted by molar-refractivity contribution is -0.118. The zero-order valence-electron chi connectivity index (χ0n) is 15.6. The van der Waals surface area contributed by atoms with Crippen LogP contribution in [0.5, 0.6) is 0 Å². The van der Waals surface area contributed by atoms with Gasteiger partial charge in [-0.1, -0.05) is 72.3 Å². The van der Waals surface area contributed by atoms with Gasteiger partial charge in [0.2, 0.25) is 5.91 Å². The molecule has 0 heterocycles. The number of rotatable bonds is 6. The van der Waals surface area contributed by atoms with E-state index in [1.54, 1.807) is 18.0 Å². The second-order valence-electron chi connectivity index (χ2n) is 6.64. The highest BCUT2D eigenvalue weighted by Gasteiger charge is 2.06. The summed E-state index contributed by atoms with van der Waals surface area (Å²) in [6.45, 7) is 0. The van der Waals surface area contributed by atoms with Crippen molar-refractivity contribution in [2.75, 3.05) is 5.75 Å². The summed E-state index contributed by atoms with van der Waals surface area (Å²) in [4.78, 5) is 12.1. The van der Waals surface area contributed by atoms with Crippen LogP contribution in [-0.2, 0) is 10.5 Å². The number of benzene rings is 4. The number of carbonyl (C=O) groups excluding carboxylic acids is 1. The van der Waals surface area contributed by atoms with Gasteiger partial charge in [0.15, 0.2) is 0 Å². The predicted octanol–water partition coefficient (Wildman–Crippen LogP) is 6.03. The Labute approximate surface area is 178 Å². The lowest BCUT2D eigenvalue weighted by Gasteiger charge is -2.08. The first-order valence-electron chi connectivity index (χ1n) is 9.25. The second-order valence-corrected chi connectivity index (χ2v) is 8.07. The molecule has 0 saturated heterocycles. The van der Waals surface area contributed by atoms with Gasteiger partial charge in [-0.2, -0.15) is 5.10 Å². The Bertz CT molecular complexity index is 1130. The van der Waals surface area contributed by atoms with E-state index in [9.17, 15) is 4.79 Å². The Hall–Kier alpha value is -2.82. The fourth-order valence-electron chi connectivity index (χ4n) is 3.23. The first-order valence-corrected chi connectivity index (χ1v) is 10.8. The summed E-state index contributed by atoms with van der Waals surface area (Å²) in [5.74, 6) is 0.975. The molecule has 0 saturated carbocycles. The Kier molecular flexibility index (Phi) is 6.13. The second kappa shape index (κ2) is 9.12. The maximum Gasteiger partial charge on any atom is 0.250 e. The van der Waals surface area contributed by atoms with Crippen LogP contribution in [0.3, 0.4) is 0 Å². The van der Waals surface area contributed by atoms with Crippen molar-refractivity contribution < 1.29 is 4.79 Å². The Morgan fingerprint density at radius 3 is 2.21 bits per heavy atom. The average molecular weight is 419 g/mol. The normalized spacial score (nSPS) is 11.3. The van der Waals surface area contributed by atoms with E-state index >= 15 is 0 Å². The Balaban J connectivity index is 1.44. The van der Waals surface area contributed by atoms with E-state index in [1.165, 1.54) is 0 Å². The van der Waals surface area contributed by atoms with E-state index in [0.717, 1.165) is 38.4 Å². The number of hydrazone groups is 1. The molecule has 144 valence electrons. The van der Waals surface area contributed by atoms with Crippen LogP contribution in [0.15, 0.2) is 84.0 Å². The number of amides is 1. The quantitative estimate of drug-likeness (QED) is 0.236. The van der Waals surface area contributed by atoms with Crippen LogP contribution in [0.4, 0.5) is 0 Å². The highest BCUT2D eigenvalue weighted by molar-refractivity contribution is 7.99. The molecule has 0 unspecified atom stereocenters. The number of thioether (sulfide) groups is 1.